The van der Waals surface area contributed by atoms with Crippen LogP contribution >= 0.6 is 0 Å². The Hall–Kier alpha value is -0.810. The van der Waals surface area contributed by atoms with Crippen LogP contribution in [0.4, 0.5) is 4.79 Å². The minimum atomic E-state index is -0.438. The van der Waals surface area contributed by atoms with Gasteiger partial charge >= 0.3 is 6.09 Å². The highest BCUT2D eigenvalue weighted by atomic mass is 16.6. The SMILES string of the molecule is CC(C)(C)OC(=O)N1CCCN2C(CO)CCC2C1. The molecule has 0 aliphatic carbocycles. The zero-order valence-corrected chi connectivity index (χ0v) is 12.3. The molecule has 2 saturated heterocycles. The highest BCUT2D eigenvalue weighted by Gasteiger charge is 2.37. The molecule has 5 heteroatoms. The molecule has 0 aromatic carbocycles. The normalized spacial score (nSPS) is 28.9. The first-order valence-corrected chi connectivity index (χ1v) is 7.25. The number of hydrogen-bond acceptors (Lipinski definition) is 4. The Labute approximate surface area is 115 Å². The third-order valence-corrected chi connectivity index (χ3v) is 3.91. The van der Waals surface area contributed by atoms with Gasteiger partial charge in [-0.1, -0.05) is 0 Å². The fourth-order valence-electron chi connectivity index (χ4n) is 3.05. The summed E-state index contributed by atoms with van der Waals surface area (Å²) in [5, 5.41) is 9.38. The summed E-state index contributed by atoms with van der Waals surface area (Å²) in [4.78, 5) is 16.3. The summed E-state index contributed by atoms with van der Waals surface area (Å²) < 4.78 is 5.45. The summed E-state index contributed by atoms with van der Waals surface area (Å²) in [5.74, 6) is 0. The summed E-state index contributed by atoms with van der Waals surface area (Å²) >= 11 is 0. The molecule has 1 N–H and O–H groups in total. The van der Waals surface area contributed by atoms with Gasteiger partial charge in [-0.25, -0.2) is 4.79 Å². The van der Waals surface area contributed by atoms with Crippen molar-refractivity contribution >= 4 is 6.09 Å². The van der Waals surface area contributed by atoms with E-state index in [1.54, 1.807) is 0 Å². The van der Waals surface area contributed by atoms with E-state index in [9.17, 15) is 9.90 Å². The van der Waals surface area contributed by atoms with E-state index in [4.69, 9.17) is 4.74 Å². The van der Waals surface area contributed by atoms with E-state index in [1.807, 2.05) is 25.7 Å². The molecule has 0 aromatic heterocycles. The summed E-state index contributed by atoms with van der Waals surface area (Å²) in [6.07, 6.45) is 2.84. The molecule has 19 heavy (non-hydrogen) atoms. The van der Waals surface area contributed by atoms with E-state index >= 15 is 0 Å². The molecule has 2 rings (SSSR count). The molecule has 0 aromatic rings. The first-order valence-electron chi connectivity index (χ1n) is 7.25. The average molecular weight is 270 g/mol. The summed E-state index contributed by atoms with van der Waals surface area (Å²) in [6, 6.07) is 0.663. The maximum absolute atomic E-state index is 12.1. The lowest BCUT2D eigenvalue weighted by Gasteiger charge is -2.30. The van der Waals surface area contributed by atoms with Gasteiger partial charge in [0.15, 0.2) is 0 Å². The molecule has 2 aliphatic rings. The molecular formula is C14H26N2O3. The van der Waals surface area contributed by atoms with Crippen molar-refractivity contribution in [3.63, 3.8) is 0 Å². The number of carbonyl (C=O) groups excluding carboxylic acids is 1. The number of hydrogen-bond donors (Lipinski definition) is 1. The monoisotopic (exact) mass is 270 g/mol. The molecular weight excluding hydrogens is 244 g/mol. The number of aliphatic hydroxyl groups is 1. The molecule has 0 spiro atoms. The molecule has 0 saturated carbocycles. The van der Waals surface area contributed by atoms with Crippen LogP contribution in [-0.2, 0) is 4.74 Å². The van der Waals surface area contributed by atoms with E-state index in [-0.39, 0.29) is 18.7 Å². The molecule has 1 amide bonds. The number of nitrogens with zero attached hydrogens (tertiary/aromatic N) is 2. The Kier molecular flexibility index (Phi) is 4.36. The number of fused-ring (bicyclic) bond motifs is 1. The largest absolute Gasteiger partial charge is 0.444 e. The predicted molar refractivity (Wildman–Crippen MR) is 73.0 cm³/mol. The zero-order chi connectivity index (χ0) is 14.0. The summed E-state index contributed by atoms with van der Waals surface area (Å²) in [7, 11) is 0. The Morgan fingerprint density at radius 2 is 2.05 bits per heavy atom. The van der Waals surface area contributed by atoms with Crippen molar-refractivity contribution < 1.29 is 14.6 Å². The van der Waals surface area contributed by atoms with Gasteiger partial charge in [0.1, 0.15) is 5.60 Å². The third-order valence-electron chi connectivity index (χ3n) is 3.91. The van der Waals surface area contributed by atoms with Gasteiger partial charge in [-0.3, -0.25) is 4.90 Å². The second-order valence-corrected chi connectivity index (χ2v) is 6.59. The van der Waals surface area contributed by atoms with Gasteiger partial charge in [0.2, 0.25) is 0 Å². The van der Waals surface area contributed by atoms with Crippen molar-refractivity contribution in [3.8, 4) is 0 Å². The standard InChI is InChI=1S/C14H26N2O3/c1-14(2,3)19-13(18)15-7-4-8-16-11(9-15)5-6-12(16)10-17/h11-12,17H,4-10H2,1-3H3. The molecule has 2 heterocycles. The fraction of sp³-hybridized carbons (Fsp3) is 0.929. The van der Waals surface area contributed by atoms with E-state index in [0.717, 1.165) is 38.9 Å². The first-order chi connectivity index (χ1) is 8.90. The van der Waals surface area contributed by atoms with Crippen molar-refractivity contribution in [2.45, 2.75) is 57.7 Å². The number of aliphatic hydroxyl groups excluding tert-OH is 1. The second kappa shape index (κ2) is 5.67. The van der Waals surface area contributed by atoms with Crippen LogP contribution in [0.25, 0.3) is 0 Å². The highest BCUT2D eigenvalue weighted by molar-refractivity contribution is 5.68. The van der Waals surface area contributed by atoms with E-state index in [1.165, 1.54) is 0 Å². The fourth-order valence-corrected chi connectivity index (χ4v) is 3.05. The molecule has 2 atom stereocenters. The highest BCUT2D eigenvalue weighted by Crippen LogP contribution is 2.27. The van der Waals surface area contributed by atoms with Gasteiger partial charge in [-0.15, -0.1) is 0 Å². The molecule has 110 valence electrons. The van der Waals surface area contributed by atoms with Gasteiger partial charge in [-0.05, 0) is 40.0 Å². The molecule has 2 unspecified atom stereocenters. The Bertz CT molecular complexity index is 327. The third kappa shape index (κ3) is 3.60. The summed E-state index contributed by atoms with van der Waals surface area (Å²) in [5.41, 5.74) is -0.438. The van der Waals surface area contributed by atoms with Gasteiger partial charge in [0.25, 0.3) is 0 Å². The maximum Gasteiger partial charge on any atom is 0.410 e. The number of amides is 1. The Morgan fingerprint density at radius 1 is 1.32 bits per heavy atom. The van der Waals surface area contributed by atoms with Crippen LogP contribution in [0.3, 0.4) is 0 Å². The quantitative estimate of drug-likeness (QED) is 0.783. The lowest BCUT2D eigenvalue weighted by Crippen LogP contribution is -2.44. The van der Waals surface area contributed by atoms with Crippen molar-refractivity contribution in [2.24, 2.45) is 0 Å². The minimum absolute atomic E-state index is 0.207. The number of carbonyl (C=O) groups is 1. The molecule has 0 radical (unpaired) electrons. The Morgan fingerprint density at radius 3 is 2.68 bits per heavy atom. The van der Waals surface area contributed by atoms with Crippen molar-refractivity contribution in [1.82, 2.24) is 9.80 Å². The smallest absolute Gasteiger partial charge is 0.410 e. The van der Waals surface area contributed by atoms with Crippen molar-refractivity contribution in [1.29, 1.82) is 0 Å². The molecule has 2 aliphatic heterocycles. The topological polar surface area (TPSA) is 53.0 Å². The van der Waals surface area contributed by atoms with Gasteiger partial charge in [-0.2, -0.15) is 0 Å². The van der Waals surface area contributed by atoms with Crippen molar-refractivity contribution in [2.75, 3.05) is 26.2 Å². The van der Waals surface area contributed by atoms with Gasteiger partial charge in [0.05, 0.1) is 6.61 Å². The molecule has 0 bridgehead atoms. The molecule has 5 nitrogen and oxygen atoms in total. The molecule has 2 fully saturated rings. The van der Waals surface area contributed by atoms with Crippen LogP contribution in [0, 0.1) is 0 Å². The lowest BCUT2D eigenvalue weighted by atomic mass is 10.2. The van der Waals surface area contributed by atoms with E-state index in [0.29, 0.717) is 6.04 Å². The minimum Gasteiger partial charge on any atom is -0.444 e. The van der Waals surface area contributed by atoms with Gasteiger partial charge in [0, 0.05) is 31.7 Å². The van der Waals surface area contributed by atoms with Gasteiger partial charge < -0.3 is 14.7 Å². The number of rotatable bonds is 1. The van der Waals surface area contributed by atoms with Crippen molar-refractivity contribution in [3.05, 3.63) is 0 Å². The van der Waals surface area contributed by atoms with Crippen LogP contribution in [0.5, 0.6) is 0 Å². The zero-order valence-electron chi connectivity index (χ0n) is 12.3. The average Bonchev–Trinajstić information content (AvgIpc) is 2.55. The van der Waals surface area contributed by atoms with Crippen LogP contribution in [0.2, 0.25) is 0 Å². The van der Waals surface area contributed by atoms with Crippen LogP contribution in [0.1, 0.15) is 40.0 Å². The first kappa shape index (κ1) is 14.6. The predicted octanol–water partition coefficient (Wildman–Crippen LogP) is 1.45. The second-order valence-electron chi connectivity index (χ2n) is 6.59. The number of ether oxygens (including phenoxy) is 1. The Balaban J connectivity index is 1.97. The lowest BCUT2D eigenvalue weighted by molar-refractivity contribution is 0.0233. The van der Waals surface area contributed by atoms with E-state index < -0.39 is 5.60 Å². The van der Waals surface area contributed by atoms with Crippen LogP contribution in [-0.4, -0.2) is 64.9 Å². The maximum atomic E-state index is 12.1. The van der Waals surface area contributed by atoms with E-state index in [2.05, 4.69) is 4.90 Å². The van der Waals surface area contributed by atoms with Crippen LogP contribution < -0.4 is 0 Å². The van der Waals surface area contributed by atoms with Crippen LogP contribution in [0.15, 0.2) is 0 Å². The summed E-state index contributed by atoms with van der Waals surface area (Å²) in [6.45, 7) is 8.36.